The van der Waals surface area contributed by atoms with Crippen molar-refractivity contribution in [3.63, 3.8) is 0 Å². The Morgan fingerprint density at radius 1 is 1.71 bits per heavy atom. The summed E-state index contributed by atoms with van der Waals surface area (Å²) in [5.74, 6) is 0. The molecule has 1 heterocycles. The molecule has 0 saturated carbocycles. The SMILES string of the molecule is CC1(Br)CCCO1. The third kappa shape index (κ3) is 1.42. The minimum atomic E-state index is 0.00694. The zero-order chi connectivity index (χ0) is 5.33. The minimum absolute atomic E-state index is 0.00694. The highest BCUT2D eigenvalue weighted by molar-refractivity contribution is 9.10. The van der Waals surface area contributed by atoms with Gasteiger partial charge in [0.2, 0.25) is 0 Å². The maximum Gasteiger partial charge on any atom is 0.120 e. The number of alkyl halides is 1. The van der Waals surface area contributed by atoms with Gasteiger partial charge in [-0.1, -0.05) is 15.9 Å². The van der Waals surface area contributed by atoms with Gasteiger partial charge in [0.15, 0.2) is 0 Å². The van der Waals surface area contributed by atoms with Gasteiger partial charge in [0, 0.05) is 6.61 Å². The number of halogens is 1. The van der Waals surface area contributed by atoms with E-state index in [-0.39, 0.29) is 4.51 Å². The molecule has 7 heavy (non-hydrogen) atoms. The van der Waals surface area contributed by atoms with E-state index in [0.29, 0.717) is 0 Å². The summed E-state index contributed by atoms with van der Waals surface area (Å²) in [5, 5.41) is 0. The quantitative estimate of drug-likeness (QED) is 0.498. The van der Waals surface area contributed by atoms with Crippen molar-refractivity contribution < 1.29 is 4.74 Å². The number of hydrogen-bond acceptors (Lipinski definition) is 1. The van der Waals surface area contributed by atoms with Gasteiger partial charge in [-0.3, -0.25) is 0 Å². The van der Waals surface area contributed by atoms with Crippen molar-refractivity contribution in [3.05, 3.63) is 0 Å². The molecule has 0 aromatic heterocycles. The first-order chi connectivity index (χ1) is 3.21. The summed E-state index contributed by atoms with van der Waals surface area (Å²) in [6.45, 7) is 2.97. The second kappa shape index (κ2) is 1.75. The number of ether oxygens (including phenoxy) is 1. The topological polar surface area (TPSA) is 9.23 Å². The fourth-order valence-corrected chi connectivity index (χ4v) is 1.19. The molecule has 1 fully saturated rings. The fraction of sp³-hybridized carbons (Fsp3) is 1.00. The van der Waals surface area contributed by atoms with Gasteiger partial charge in [-0.05, 0) is 19.8 Å². The minimum Gasteiger partial charge on any atom is -0.364 e. The van der Waals surface area contributed by atoms with E-state index in [1.165, 1.54) is 6.42 Å². The van der Waals surface area contributed by atoms with Crippen LogP contribution in [0, 0.1) is 0 Å². The van der Waals surface area contributed by atoms with Gasteiger partial charge < -0.3 is 4.74 Å². The molecule has 0 N–H and O–H groups in total. The Kier molecular flexibility index (Phi) is 1.39. The maximum atomic E-state index is 5.26. The van der Waals surface area contributed by atoms with Gasteiger partial charge in [0.1, 0.15) is 4.51 Å². The molecular formula is C5H9BrO. The smallest absolute Gasteiger partial charge is 0.120 e. The molecule has 0 spiro atoms. The predicted molar refractivity (Wildman–Crippen MR) is 32.5 cm³/mol. The van der Waals surface area contributed by atoms with Gasteiger partial charge in [-0.15, -0.1) is 0 Å². The van der Waals surface area contributed by atoms with Crippen LogP contribution in [0.1, 0.15) is 19.8 Å². The lowest BCUT2D eigenvalue weighted by atomic mass is 10.3. The van der Waals surface area contributed by atoms with E-state index in [1.807, 2.05) is 0 Å². The molecule has 1 aliphatic heterocycles. The van der Waals surface area contributed by atoms with Gasteiger partial charge in [0.05, 0.1) is 0 Å². The van der Waals surface area contributed by atoms with Crippen LogP contribution in [-0.4, -0.2) is 11.1 Å². The third-order valence-electron chi connectivity index (χ3n) is 1.17. The van der Waals surface area contributed by atoms with Crippen molar-refractivity contribution in [2.75, 3.05) is 6.61 Å². The molecule has 0 aromatic carbocycles. The molecule has 1 atom stereocenters. The zero-order valence-corrected chi connectivity index (χ0v) is 5.99. The molecule has 1 rings (SSSR count). The van der Waals surface area contributed by atoms with E-state index >= 15 is 0 Å². The summed E-state index contributed by atoms with van der Waals surface area (Å²) in [6, 6.07) is 0. The lowest BCUT2D eigenvalue weighted by molar-refractivity contribution is 0.103. The Labute approximate surface area is 52.2 Å². The highest BCUT2D eigenvalue weighted by Crippen LogP contribution is 2.30. The van der Waals surface area contributed by atoms with Crippen LogP contribution in [0.3, 0.4) is 0 Å². The first-order valence-electron chi connectivity index (χ1n) is 2.54. The van der Waals surface area contributed by atoms with Crippen LogP contribution in [0.4, 0.5) is 0 Å². The Hall–Kier alpha value is 0.440. The first-order valence-corrected chi connectivity index (χ1v) is 3.33. The average Bonchev–Trinajstić information content (AvgIpc) is 1.84. The molecule has 0 radical (unpaired) electrons. The van der Waals surface area contributed by atoms with Gasteiger partial charge in [-0.2, -0.15) is 0 Å². The van der Waals surface area contributed by atoms with E-state index in [4.69, 9.17) is 4.74 Å². The van der Waals surface area contributed by atoms with E-state index in [9.17, 15) is 0 Å². The van der Waals surface area contributed by atoms with E-state index in [0.717, 1.165) is 13.0 Å². The van der Waals surface area contributed by atoms with Crippen LogP contribution < -0.4 is 0 Å². The lowest BCUT2D eigenvalue weighted by Gasteiger charge is -2.11. The summed E-state index contributed by atoms with van der Waals surface area (Å²) in [7, 11) is 0. The average molecular weight is 165 g/mol. The van der Waals surface area contributed by atoms with Crippen LogP contribution in [0.25, 0.3) is 0 Å². The van der Waals surface area contributed by atoms with Crippen molar-refractivity contribution >= 4 is 15.9 Å². The van der Waals surface area contributed by atoms with Crippen molar-refractivity contribution in [1.29, 1.82) is 0 Å². The zero-order valence-electron chi connectivity index (χ0n) is 4.41. The molecule has 1 unspecified atom stereocenters. The van der Waals surface area contributed by atoms with E-state index < -0.39 is 0 Å². The summed E-state index contributed by atoms with van der Waals surface area (Å²) < 4.78 is 5.26. The van der Waals surface area contributed by atoms with Crippen molar-refractivity contribution in [1.82, 2.24) is 0 Å². The summed E-state index contributed by atoms with van der Waals surface area (Å²) in [4.78, 5) is 0. The fourth-order valence-electron chi connectivity index (χ4n) is 0.745. The first kappa shape index (κ1) is 5.57. The molecule has 2 heteroatoms. The Bertz CT molecular complexity index is 62.5. The van der Waals surface area contributed by atoms with Crippen molar-refractivity contribution in [2.24, 2.45) is 0 Å². The van der Waals surface area contributed by atoms with Crippen LogP contribution in [0.2, 0.25) is 0 Å². The second-order valence-electron chi connectivity index (χ2n) is 2.05. The molecule has 0 bridgehead atoms. The van der Waals surface area contributed by atoms with Crippen molar-refractivity contribution in [2.45, 2.75) is 24.3 Å². The summed E-state index contributed by atoms with van der Waals surface area (Å²) in [6.07, 6.45) is 2.34. The molecule has 42 valence electrons. The summed E-state index contributed by atoms with van der Waals surface area (Å²) in [5.41, 5.74) is 0. The lowest BCUT2D eigenvalue weighted by Crippen LogP contribution is -2.10. The van der Waals surface area contributed by atoms with Crippen LogP contribution in [0.15, 0.2) is 0 Å². The predicted octanol–water partition coefficient (Wildman–Crippen LogP) is 1.91. The Balaban J connectivity index is 2.40. The molecular weight excluding hydrogens is 156 g/mol. The monoisotopic (exact) mass is 164 g/mol. The third-order valence-corrected chi connectivity index (χ3v) is 1.80. The second-order valence-corrected chi connectivity index (χ2v) is 3.73. The van der Waals surface area contributed by atoms with Crippen LogP contribution >= 0.6 is 15.9 Å². The highest BCUT2D eigenvalue weighted by atomic mass is 79.9. The molecule has 0 aliphatic carbocycles. The standard InChI is InChI=1S/C5H9BrO/c1-5(6)3-2-4-7-5/h2-4H2,1H3. The molecule has 1 aliphatic rings. The van der Waals surface area contributed by atoms with Gasteiger partial charge in [0.25, 0.3) is 0 Å². The Morgan fingerprint density at radius 2 is 2.43 bits per heavy atom. The van der Waals surface area contributed by atoms with E-state index in [1.54, 1.807) is 0 Å². The normalized spacial score (nSPS) is 42.0. The molecule has 1 nitrogen and oxygen atoms in total. The van der Waals surface area contributed by atoms with Gasteiger partial charge >= 0.3 is 0 Å². The molecule has 0 amide bonds. The molecule has 1 saturated heterocycles. The molecule has 0 aromatic rings. The van der Waals surface area contributed by atoms with Crippen LogP contribution in [-0.2, 0) is 4.74 Å². The number of rotatable bonds is 0. The highest BCUT2D eigenvalue weighted by Gasteiger charge is 2.25. The summed E-state index contributed by atoms with van der Waals surface area (Å²) >= 11 is 3.42. The van der Waals surface area contributed by atoms with Crippen molar-refractivity contribution in [3.8, 4) is 0 Å². The largest absolute Gasteiger partial charge is 0.364 e. The van der Waals surface area contributed by atoms with Gasteiger partial charge in [-0.25, -0.2) is 0 Å². The number of hydrogen-bond donors (Lipinski definition) is 0. The van der Waals surface area contributed by atoms with E-state index in [2.05, 4.69) is 22.9 Å². The van der Waals surface area contributed by atoms with Crippen LogP contribution in [0.5, 0.6) is 0 Å². The maximum absolute atomic E-state index is 5.26. The Morgan fingerprint density at radius 3 is 2.57 bits per heavy atom.